The number of hydrogen-bond acceptors (Lipinski definition) is 6. The van der Waals surface area contributed by atoms with Crippen molar-refractivity contribution in [3.05, 3.63) is 72.6 Å². The van der Waals surface area contributed by atoms with Gasteiger partial charge in [0.15, 0.2) is 0 Å². The molecule has 168 valence electrons. The van der Waals surface area contributed by atoms with E-state index in [1.807, 2.05) is 23.1 Å². The number of aliphatic hydroxyl groups excluding tert-OH is 1. The molecule has 1 aromatic heterocycles. The molecule has 2 amide bonds. The highest BCUT2D eigenvalue weighted by Gasteiger charge is 2.31. The number of rotatable bonds is 6. The first kappa shape index (κ1) is 22.0. The van der Waals surface area contributed by atoms with Crippen LogP contribution < -0.4 is 10.2 Å². The first-order valence-electron chi connectivity index (χ1n) is 10.9. The van der Waals surface area contributed by atoms with Gasteiger partial charge in [-0.1, -0.05) is 30.4 Å². The maximum Gasteiger partial charge on any atom is 0.251 e. The van der Waals surface area contributed by atoms with Gasteiger partial charge in [-0.3, -0.25) is 14.6 Å². The Balaban J connectivity index is 1.29. The Kier molecular flexibility index (Phi) is 7.14. The van der Waals surface area contributed by atoms with Crippen molar-refractivity contribution >= 4 is 17.5 Å². The Morgan fingerprint density at radius 2 is 1.75 bits per heavy atom. The van der Waals surface area contributed by atoms with Gasteiger partial charge in [-0.05, 0) is 24.3 Å². The third-order valence-electron chi connectivity index (χ3n) is 5.83. The Bertz CT molecular complexity index is 930. The number of piperazine rings is 1. The number of nitrogens with zero attached hydrogens (tertiary/aromatic N) is 3. The summed E-state index contributed by atoms with van der Waals surface area (Å²) in [7, 11) is 0. The van der Waals surface area contributed by atoms with Gasteiger partial charge >= 0.3 is 0 Å². The molecule has 2 aliphatic rings. The van der Waals surface area contributed by atoms with E-state index >= 15 is 0 Å². The molecular weight excluding hydrogens is 408 g/mol. The maximum atomic E-state index is 12.8. The second-order valence-corrected chi connectivity index (χ2v) is 7.92. The molecule has 2 aliphatic heterocycles. The van der Waals surface area contributed by atoms with Gasteiger partial charge in [-0.2, -0.15) is 0 Å². The molecule has 0 saturated carbocycles. The summed E-state index contributed by atoms with van der Waals surface area (Å²) in [6.45, 7) is 2.65. The van der Waals surface area contributed by atoms with Gasteiger partial charge in [0.05, 0.1) is 25.2 Å². The number of anilines is 1. The average Bonchev–Trinajstić information content (AvgIpc) is 2.86. The molecule has 8 nitrogen and oxygen atoms in total. The lowest BCUT2D eigenvalue weighted by molar-refractivity contribution is -0.135. The highest BCUT2D eigenvalue weighted by Crippen LogP contribution is 2.19. The largest absolute Gasteiger partial charge is 0.394 e. The SMILES string of the molecule is O=C(N[C@H]1C=C[C@H](CC(=O)N2CCN(c3ccccc3)CC2)O[C@@H]1CO)c1ccncc1. The van der Waals surface area contributed by atoms with E-state index in [1.54, 1.807) is 36.7 Å². The summed E-state index contributed by atoms with van der Waals surface area (Å²) >= 11 is 0. The first-order chi connectivity index (χ1) is 15.6. The number of para-hydroxylation sites is 1. The zero-order chi connectivity index (χ0) is 22.3. The Hall–Kier alpha value is -3.23. The highest BCUT2D eigenvalue weighted by molar-refractivity contribution is 5.94. The fraction of sp³-hybridized carbons (Fsp3) is 0.375. The second-order valence-electron chi connectivity index (χ2n) is 7.92. The minimum Gasteiger partial charge on any atom is -0.394 e. The number of carbonyl (C=O) groups is 2. The number of nitrogens with one attached hydrogen (secondary N) is 1. The molecular formula is C24H28N4O4. The van der Waals surface area contributed by atoms with Crippen molar-refractivity contribution in [3.63, 3.8) is 0 Å². The zero-order valence-electron chi connectivity index (χ0n) is 17.8. The molecule has 1 fully saturated rings. The molecule has 1 saturated heterocycles. The van der Waals surface area contributed by atoms with E-state index in [-0.39, 0.29) is 24.8 Å². The lowest BCUT2D eigenvalue weighted by Crippen LogP contribution is -2.51. The van der Waals surface area contributed by atoms with Crippen molar-refractivity contribution in [1.82, 2.24) is 15.2 Å². The van der Waals surface area contributed by atoms with Gasteiger partial charge < -0.3 is 25.0 Å². The van der Waals surface area contributed by atoms with Crippen LogP contribution in [0.1, 0.15) is 16.8 Å². The van der Waals surface area contributed by atoms with Crippen LogP contribution in [-0.2, 0) is 9.53 Å². The number of benzene rings is 1. The van der Waals surface area contributed by atoms with E-state index in [0.29, 0.717) is 18.7 Å². The third kappa shape index (κ3) is 5.33. The van der Waals surface area contributed by atoms with E-state index in [1.165, 1.54) is 5.69 Å². The molecule has 2 N–H and O–H groups in total. The number of ether oxygens (including phenoxy) is 1. The van der Waals surface area contributed by atoms with E-state index in [9.17, 15) is 14.7 Å². The van der Waals surface area contributed by atoms with Crippen LogP contribution in [0, 0.1) is 0 Å². The quantitative estimate of drug-likeness (QED) is 0.662. The highest BCUT2D eigenvalue weighted by atomic mass is 16.5. The van der Waals surface area contributed by atoms with Gasteiger partial charge in [0.1, 0.15) is 6.10 Å². The summed E-state index contributed by atoms with van der Waals surface area (Å²) in [6.07, 6.45) is 5.86. The number of amides is 2. The Labute approximate surface area is 187 Å². The van der Waals surface area contributed by atoms with Crippen LogP contribution >= 0.6 is 0 Å². The zero-order valence-corrected chi connectivity index (χ0v) is 17.8. The summed E-state index contributed by atoms with van der Waals surface area (Å²) in [6, 6.07) is 13.0. The maximum absolute atomic E-state index is 12.8. The van der Waals surface area contributed by atoms with Crippen LogP contribution in [0.15, 0.2) is 67.0 Å². The summed E-state index contributed by atoms with van der Waals surface area (Å²) in [5.74, 6) is -0.238. The molecule has 0 aliphatic carbocycles. The third-order valence-corrected chi connectivity index (χ3v) is 5.83. The summed E-state index contributed by atoms with van der Waals surface area (Å²) in [4.78, 5) is 33.2. The molecule has 1 aromatic carbocycles. The van der Waals surface area contributed by atoms with Gasteiger partial charge in [-0.15, -0.1) is 0 Å². The smallest absolute Gasteiger partial charge is 0.251 e. The van der Waals surface area contributed by atoms with Crippen molar-refractivity contribution in [2.45, 2.75) is 24.7 Å². The number of aliphatic hydroxyl groups is 1. The molecule has 32 heavy (non-hydrogen) atoms. The number of aromatic nitrogens is 1. The first-order valence-corrected chi connectivity index (χ1v) is 10.9. The molecule has 0 bridgehead atoms. The molecule has 0 spiro atoms. The van der Waals surface area contributed by atoms with Gasteiger partial charge in [0.25, 0.3) is 5.91 Å². The van der Waals surface area contributed by atoms with Crippen LogP contribution in [0.3, 0.4) is 0 Å². The van der Waals surface area contributed by atoms with Crippen molar-refractivity contribution in [2.24, 2.45) is 0 Å². The minimum atomic E-state index is -0.612. The minimum absolute atomic E-state index is 0.0309. The molecule has 0 unspecified atom stereocenters. The van der Waals surface area contributed by atoms with E-state index in [4.69, 9.17) is 4.74 Å². The van der Waals surface area contributed by atoms with E-state index in [2.05, 4.69) is 27.3 Å². The molecule has 3 atom stereocenters. The van der Waals surface area contributed by atoms with Gasteiger partial charge in [-0.25, -0.2) is 0 Å². The van der Waals surface area contributed by atoms with Gasteiger partial charge in [0.2, 0.25) is 5.91 Å². The van der Waals surface area contributed by atoms with Crippen LogP contribution in [0.5, 0.6) is 0 Å². The molecule has 4 rings (SSSR count). The topological polar surface area (TPSA) is 95.0 Å². The fourth-order valence-corrected chi connectivity index (χ4v) is 4.03. The molecule has 0 radical (unpaired) electrons. The lowest BCUT2D eigenvalue weighted by atomic mass is 10.0. The average molecular weight is 437 g/mol. The van der Waals surface area contributed by atoms with Crippen molar-refractivity contribution < 1.29 is 19.4 Å². The Morgan fingerprint density at radius 1 is 1.03 bits per heavy atom. The normalized spacial score (nSPS) is 23.1. The predicted octanol–water partition coefficient (Wildman–Crippen LogP) is 1.23. The lowest BCUT2D eigenvalue weighted by Gasteiger charge is -2.37. The number of hydrogen-bond donors (Lipinski definition) is 2. The van der Waals surface area contributed by atoms with E-state index < -0.39 is 18.2 Å². The van der Waals surface area contributed by atoms with Crippen molar-refractivity contribution in [2.75, 3.05) is 37.7 Å². The summed E-state index contributed by atoms with van der Waals surface area (Å²) in [5, 5.41) is 12.6. The molecule has 3 heterocycles. The Morgan fingerprint density at radius 3 is 2.44 bits per heavy atom. The fourth-order valence-electron chi connectivity index (χ4n) is 4.03. The van der Waals surface area contributed by atoms with Crippen LogP contribution in [0.4, 0.5) is 5.69 Å². The molecule has 8 heteroatoms. The van der Waals surface area contributed by atoms with Crippen LogP contribution in [-0.4, -0.2) is 77.8 Å². The van der Waals surface area contributed by atoms with Crippen molar-refractivity contribution in [1.29, 1.82) is 0 Å². The van der Waals surface area contributed by atoms with E-state index in [0.717, 1.165) is 13.1 Å². The summed E-state index contributed by atoms with van der Waals surface area (Å²) in [5.41, 5.74) is 1.65. The molecule has 2 aromatic rings. The monoisotopic (exact) mass is 436 g/mol. The van der Waals surface area contributed by atoms with Crippen molar-refractivity contribution in [3.8, 4) is 0 Å². The predicted molar refractivity (Wildman–Crippen MR) is 120 cm³/mol. The van der Waals surface area contributed by atoms with Crippen LogP contribution in [0.2, 0.25) is 0 Å². The number of pyridine rings is 1. The summed E-state index contributed by atoms with van der Waals surface area (Å²) < 4.78 is 5.92. The van der Waals surface area contributed by atoms with Gasteiger partial charge in [0, 0.05) is 49.8 Å². The standard InChI is InChI=1S/C24H28N4O4/c29-17-22-21(26-24(31)18-8-10-25-11-9-18)7-6-20(32-22)16-23(30)28-14-12-27(13-15-28)19-4-2-1-3-5-19/h1-11,20-22,29H,12-17H2,(H,26,31)/t20-,21+,22-/m1/s1. The van der Waals surface area contributed by atoms with Crippen LogP contribution in [0.25, 0.3) is 0 Å². The second kappa shape index (κ2) is 10.4. The number of carbonyl (C=O) groups excluding carboxylic acids is 2.